The number of rotatable bonds is 4. The van der Waals surface area contributed by atoms with E-state index in [0.29, 0.717) is 5.69 Å². The largest absolute Gasteiger partial charge is 0.371 e. The van der Waals surface area contributed by atoms with Crippen LogP contribution in [0.3, 0.4) is 0 Å². The molecule has 130 valence electrons. The third-order valence-corrected chi connectivity index (χ3v) is 4.89. The van der Waals surface area contributed by atoms with E-state index >= 15 is 0 Å². The zero-order valence-electron chi connectivity index (χ0n) is 14.3. The molecule has 6 heteroatoms. The van der Waals surface area contributed by atoms with Gasteiger partial charge in [-0.05, 0) is 43.9 Å². The third-order valence-electron chi connectivity index (χ3n) is 4.89. The van der Waals surface area contributed by atoms with Gasteiger partial charge in [0.2, 0.25) is 0 Å². The normalized spacial score (nSPS) is 17.1. The maximum absolute atomic E-state index is 12.6. The molecule has 0 radical (unpaired) electrons. The summed E-state index contributed by atoms with van der Waals surface area (Å²) in [5, 5.41) is 2.97. The first-order chi connectivity index (χ1) is 12.3. The van der Waals surface area contributed by atoms with Gasteiger partial charge >= 0.3 is 0 Å². The van der Waals surface area contributed by atoms with Crippen molar-refractivity contribution in [1.29, 1.82) is 0 Å². The molecule has 2 aliphatic heterocycles. The smallest absolute Gasteiger partial charge is 0.274 e. The van der Waals surface area contributed by atoms with Crippen LogP contribution < -0.4 is 15.1 Å². The number of amides is 1. The highest BCUT2D eigenvalue weighted by atomic mass is 16.1. The molecule has 25 heavy (non-hydrogen) atoms. The lowest BCUT2D eigenvalue weighted by Crippen LogP contribution is -2.21. The Hall–Kier alpha value is -2.63. The van der Waals surface area contributed by atoms with Gasteiger partial charge in [-0.2, -0.15) is 0 Å². The van der Waals surface area contributed by atoms with E-state index in [4.69, 9.17) is 0 Å². The van der Waals surface area contributed by atoms with Crippen LogP contribution in [0.15, 0.2) is 36.7 Å². The van der Waals surface area contributed by atoms with Crippen LogP contribution in [0.25, 0.3) is 0 Å². The van der Waals surface area contributed by atoms with Gasteiger partial charge in [-0.15, -0.1) is 0 Å². The molecule has 2 aliphatic rings. The van der Waals surface area contributed by atoms with Crippen molar-refractivity contribution in [2.24, 2.45) is 0 Å². The predicted molar refractivity (Wildman–Crippen MR) is 99.3 cm³/mol. The number of nitrogens with zero attached hydrogens (tertiary/aromatic N) is 4. The maximum Gasteiger partial charge on any atom is 0.274 e. The summed E-state index contributed by atoms with van der Waals surface area (Å²) in [7, 11) is 0. The first-order valence-corrected chi connectivity index (χ1v) is 9.03. The molecular formula is C19H23N5O. The van der Waals surface area contributed by atoms with Gasteiger partial charge < -0.3 is 15.1 Å². The van der Waals surface area contributed by atoms with Gasteiger partial charge in [0.15, 0.2) is 0 Å². The molecule has 0 aliphatic carbocycles. The SMILES string of the molecule is O=C(Nc1cccc(N2CCCC2)c1)c1cc(N2CCCC2)ncn1. The minimum absolute atomic E-state index is 0.193. The highest BCUT2D eigenvalue weighted by Gasteiger charge is 2.17. The summed E-state index contributed by atoms with van der Waals surface area (Å²) >= 11 is 0. The summed E-state index contributed by atoms with van der Waals surface area (Å²) in [6.45, 7) is 4.16. The first-order valence-electron chi connectivity index (χ1n) is 9.03. The van der Waals surface area contributed by atoms with E-state index in [1.807, 2.05) is 18.2 Å². The number of nitrogens with one attached hydrogen (secondary N) is 1. The highest BCUT2D eigenvalue weighted by molar-refractivity contribution is 6.03. The number of benzene rings is 1. The molecule has 0 atom stereocenters. The molecule has 0 bridgehead atoms. The van der Waals surface area contributed by atoms with Crippen LogP contribution in [0.4, 0.5) is 17.2 Å². The van der Waals surface area contributed by atoms with Crippen molar-refractivity contribution in [3.05, 3.63) is 42.4 Å². The van der Waals surface area contributed by atoms with Crippen LogP contribution in [0.1, 0.15) is 36.2 Å². The van der Waals surface area contributed by atoms with E-state index in [2.05, 4.69) is 31.2 Å². The third kappa shape index (κ3) is 3.57. The average Bonchev–Trinajstić information content (AvgIpc) is 3.36. The number of hydrogen-bond acceptors (Lipinski definition) is 5. The number of aromatic nitrogens is 2. The zero-order chi connectivity index (χ0) is 17.1. The predicted octanol–water partition coefficient (Wildman–Crippen LogP) is 2.93. The fourth-order valence-corrected chi connectivity index (χ4v) is 3.54. The average molecular weight is 337 g/mol. The summed E-state index contributed by atoms with van der Waals surface area (Å²) in [5.74, 6) is 0.643. The van der Waals surface area contributed by atoms with E-state index in [1.54, 1.807) is 6.07 Å². The molecule has 3 heterocycles. The molecule has 4 rings (SSSR count). The molecule has 2 aromatic rings. The minimum Gasteiger partial charge on any atom is -0.371 e. The molecule has 2 fully saturated rings. The Morgan fingerprint density at radius 3 is 2.40 bits per heavy atom. The van der Waals surface area contributed by atoms with Gasteiger partial charge in [0.05, 0.1) is 0 Å². The van der Waals surface area contributed by atoms with Crippen LogP contribution in [-0.4, -0.2) is 42.1 Å². The second kappa shape index (κ2) is 7.09. The number of carbonyl (C=O) groups excluding carboxylic acids is 1. The van der Waals surface area contributed by atoms with E-state index in [-0.39, 0.29) is 5.91 Å². The van der Waals surface area contributed by atoms with Crippen molar-refractivity contribution in [2.75, 3.05) is 41.3 Å². The zero-order valence-corrected chi connectivity index (χ0v) is 14.3. The second-order valence-corrected chi connectivity index (χ2v) is 6.65. The van der Waals surface area contributed by atoms with E-state index < -0.39 is 0 Å². The Morgan fingerprint density at radius 1 is 0.920 bits per heavy atom. The molecule has 6 nitrogen and oxygen atoms in total. The molecule has 1 amide bonds. The van der Waals surface area contributed by atoms with Crippen LogP contribution in [0.2, 0.25) is 0 Å². The Kier molecular flexibility index (Phi) is 4.50. The second-order valence-electron chi connectivity index (χ2n) is 6.65. The summed E-state index contributed by atoms with van der Waals surface area (Å²) in [5.41, 5.74) is 2.37. The molecule has 2 saturated heterocycles. The Bertz CT molecular complexity index is 751. The van der Waals surface area contributed by atoms with Crippen molar-refractivity contribution >= 4 is 23.1 Å². The molecule has 0 saturated carbocycles. The summed E-state index contributed by atoms with van der Waals surface area (Å²) in [6.07, 6.45) is 6.29. The fourth-order valence-electron chi connectivity index (χ4n) is 3.54. The maximum atomic E-state index is 12.6. The molecule has 1 N–H and O–H groups in total. The van der Waals surface area contributed by atoms with Gasteiger partial charge in [0, 0.05) is 43.6 Å². The molecular weight excluding hydrogens is 314 g/mol. The molecule has 0 unspecified atom stereocenters. The standard InChI is InChI=1S/C19H23N5O/c25-19(17-13-18(21-14-20-17)24-10-3-4-11-24)22-15-6-5-7-16(12-15)23-8-1-2-9-23/h5-7,12-14H,1-4,8-11H2,(H,22,25). The minimum atomic E-state index is -0.193. The Morgan fingerprint density at radius 2 is 1.64 bits per heavy atom. The Labute approximate surface area is 147 Å². The fraction of sp³-hybridized carbons (Fsp3) is 0.421. The number of carbonyl (C=O) groups is 1. The molecule has 1 aromatic carbocycles. The lowest BCUT2D eigenvalue weighted by Gasteiger charge is -2.18. The van der Waals surface area contributed by atoms with Crippen LogP contribution in [-0.2, 0) is 0 Å². The number of hydrogen-bond donors (Lipinski definition) is 1. The van der Waals surface area contributed by atoms with Gasteiger partial charge in [0.1, 0.15) is 17.8 Å². The quantitative estimate of drug-likeness (QED) is 0.929. The van der Waals surface area contributed by atoms with E-state index in [1.165, 1.54) is 32.0 Å². The van der Waals surface area contributed by atoms with Crippen molar-refractivity contribution in [3.8, 4) is 0 Å². The van der Waals surface area contributed by atoms with Crippen LogP contribution in [0.5, 0.6) is 0 Å². The van der Waals surface area contributed by atoms with E-state index in [9.17, 15) is 4.79 Å². The van der Waals surface area contributed by atoms with E-state index in [0.717, 1.165) is 43.4 Å². The van der Waals surface area contributed by atoms with Crippen molar-refractivity contribution in [1.82, 2.24) is 9.97 Å². The summed E-state index contributed by atoms with van der Waals surface area (Å²) in [4.78, 5) is 25.6. The van der Waals surface area contributed by atoms with Crippen LogP contribution in [0, 0.1) is 0 Å². The van der Waals surface area contributed by atoms with Gasteiger partial charge in [0.25, 0.3) is 5.91 Å². The van der Waals surface area contributed by atoms with Gasteiger partial charge in [-0.3, -0.25) is 4.79 Å². The van der Waals surface area contributed by atoms with Gasteiger partial charge in [-0.25, -0.2) is 9.97 Å². The lowest BCUT2D eigenvalue weighted by atomic mass is 10.2. The highest BCUT2D eigenvalue weighted by Crippen LogP contribution is 2.24. The monoisotopic (exact) mass is 337 g/mol. The van der Waals surface area contributed by atoms with Crippen molar-refractivity contribution < 1.29 is 4.79 Å². The van der Waals surface area contributed by atoms with Crippen molar-refractivity contribution in [3.63, 3.8) is 0 Å². The lowest BCUT2D eigenvalue weighted by molar-refractivity contribution is 0.102. The summed E-state index contributed by atoms with van der Waals surface area (Å²) < 4.78 is 0. The molecule has 0 spiro atoms. The summed E-state index contributed by atoms with van der Waals surface area (Å²) in [6, 6.07) is 9.81. The number of anilines is 3. The topological polar surface area (TPSA) is 61.4 Å². The first kappa shape index (κ1) is 15.9. The van der Waals surface area contributed by atoms with Crippen molar-refractivity contribution in [2.45, 2.75) is 25.7 Å². The van der Waals surface area contributed by atoms with Crippen LogP contribution >= 0.6 is 0 Å². The molecule has 1 aromatic heterocycles. The Balaban J connectivity index is 1.48. The van der Waals surface area contributed by atoms with Gasteiger partial charge in [-0.1, -0.05) is 6.07 Å².